The highest BCUT2D eigenvalue weighted by molar-refractivity contribution is 6.30. The van der Waals surface area contributed by atoms with E-state index in [1.54, 1.807) is 49.4 Å². The standard InChI is InChI=1S/C25H27ClN2O5/c1-16-8-10-27(11-9-16)25(31)17(2)28-21-12-18(6-7-23(21)33-15-24(28)30)22(29)14-32-20-5-3-4-19(26)13-20/h3-7,12-13,16-17H,8-11,14-15H2,1-2H3. The Bertz CT molecular complexity index is 1060. The van der Waals surface area contributed by atoms with Gasteiger partial charge in [0.2, 0.25) is 5.91 Å². The van der Waals surface area contributed by atoms with Crippen molar-refractivity contribution in [1.29, 1.82) is 0 Å². The lowest BCUT2D eigenvalue weighted by Crippen LogP contribution is -2.53. The largest absolute Gasteiger partial charge is 0.485 e. The van der Waals surface area contributed by atoms with Gasteiger partial charge >= 0.3 is 0 Å². The van der Waals surface area contributed by atoms with Gasteiger partial charge in [-0.1, -0.05) is 24.6 Å². The second kappa shape index (κ2) is 9.83. The lowest BCUT2D eigenvalue weighted by molar-refractivity contribution is -0.135. The number of hydrogen-bond donors (Lipinski definition) is 0. The first-order chi connectivity index (χ1) is 15.8. The fraction of sp³-hybridized carbons (Fsp3) is 0.400. The van der Waals surface area contributed by atoms with E-state index in [4.69, 9.17) is 21.1 Å². The predicted octanol–water partition coefficient (Wildman–Crippen LogP) is 3.97. The highest BCUT2D eigenvalue weighted by atomic mass is 35.5. The molecule has 1 saturated heterocycles. The zero-order chi connectivity index (χ0) is 23.5. The van der Waals surface area contributed by atoms with Gasteiger partial charge in [-0.2, -0.15) is 0 Å². The molecule has 2 aliphatic rings. The number of fused-ring (bicyclic) bond motifs is 1. The Hall–Kier alpha value is -3.06. The summed E-state index contributed by atoms with van der Waals surface area (Å²) >= 11 is 5.96. The van der Waals surface area contributed by atoms with Crippen molar-refractivity contribution < 1.29 is 23.9 Å². The molecule has 2 aliphatic heterocycles. The molecule has 0 saturated carbocycles. The minimum atomic E-state index is -0.693. The maximum absolute atomic E-state index is 13.2. The maximum Gasteiger partial charge on any atom is 0.265 e. The second-order valence-corrected chi connectivity index (χ2v) is 9.02. The number of carbonyl (C=O) groups is 3. The summed E-state index contributed by atoms with van der Waals surface area (Å²) < 4.78 is 11.1. The number of carbonyl (C=O) groups excluding carboxylic acids is 3. The van der Waals surface area contributed by atoms with Gasteiger partial charge in [0.05, 0.1) is 5.69 Å². The molecule has 7 nitrogen and oxygen atoms in total. The van der Waals surface area contributed by atoms with Gasteiger partial charge in [0.15, 0.2) is 19.0 Å². The Morgan fingerprint density at radius 3 is 2.67 bits per heavy atom. The van der Waals surface area contributed by atoms with Crippen LogP contribution >= 0.6 is 11.6 Å². The summed E-state index contributed by atoms with van der Waals surface area (Å²) in [6, 6.07) is 11.0. The van der Waals surface area contributed by atoms with Gasteiger partial charge in [-0.25, -0.2) is 0 Å². The Kier molecular flexibility index (Phi) is 6.88. The van der Waals surface area contributed by atoms with Crippen LogP contribution < -0.4 is 14.4 Å². The molecule has 4 rings (SSSR count). The summed E-state index contributed by atoms with van der Waals surface area (Å²) in [6.07, 6.45) is 1.91. The highest BCUT2D eigenvalue weighted by Crippen LogP contribution is 2.35. The van der Waals surface area contributed by atoms with E-state index in [9.17, 15) is 14.4 Å². The summed E-state index contributed by atoms with van der Waals surface area (Å²) in [5.74, 6) is 0.882. The second-order valence-electron chi connectivity index (χ2n) is 8.59. The molecule has 1 unspecified atom stereocenters. The average Bonchev–Trinajstić information content (AvgIpc) is 2.82. The number of hydrogen-bond acceptors (Lipinski definition) is 5. The van der Waals surface area contributed by atoms with Crippen LogP contribution in [0.5, 0.6) is 11.5 Å². The molecule has 1 fully saturated rings. The number of anilines is 1. The number of likely N-dealkylation sites (tertiary alicyclic amines) is 1. The smallest absolute Gasteiger partial charge is 0.265 e. The topological polar surface area (TPSA) is 76.2 Å². The lowest BCUT2D eigenvalue weighted by Gasteiger charge is -2.38. The number of amides is 2. The van der Waals surface area contributed by atoms with Crippen molar-refractivity contribution in [3.8, 4) is 11.5 Å². The summed E-state index contributed by atoms with van der Waals surface area (Å²) in [4.78, 5) is 42.0. The summed E-state index contributed by atoms with van der Waals surface area (Å²) in [7, 11) is 0. The summed E-state index contributed by atoms with van der Waals surface area (Å²) in [6.45, 7) is 4.96. The first kappa shape index (κ1) is 23.1. The first-order valence-corrected chi connectivity index (χ1v) is 11.5. The number of rotatable bonds is 6. The number of benzene rings is 2. The van der Waals surface area contributed by atoms with Crippen LogP contribution in [0.15, 0.2) is 42.5 Å². The first-order valence-electron chi connectivity index (χ1n) is 11.1. The molecule has 1 atom stereocenters. The minimum absolute atomic E-state index is 0.0934. The molecule has 2 aromatic carbocycles. The van der Waals surface area contributed by atoms with E-state index < -0.39 is 6.04 Å². The molecule has 8 heteroatoms. The van der Waals surface area contributed by atoms with Crippen molar-refractivity contribution in [1.82, 2.24) is 4.90 Å². The van der Waals surface area contributed by atoms with Crippen molar-refractivity contribution >= 4 is 34.9 Å². The van der Waals surface area contributed by atoms with Crippen LogP contribution in [0.3, 0.4) is 0 Å². The van der Waals surface area contributed by atoms with Gasteiger partial charge in [-0.15, -0.1) is 0 Å². The molecule has 2 heterocycles. The molecule has 2 aromatic rings. The minimum Gasteiger partial charge on any atom is -0.485 e. The van der Waals surface area contributed by atoms with Gasteiger partial charge in [0.1, 0.15) is 17.5 Å². The normalized spacial score (nSPS) is 17.2. The average molecular weight is 471 g/mol. The molecule has 0 aromatic heterocycles. The molecule has 33 heavy (non-hydrogen) atoms. The third-order valence-electron chi connectivity index (χ3n) is 6.17. The highest BCUT2D eigenvalue weighted by Gasteiger charge is 2.36. The van der Waals surface area contributed by atoms with Gasteiger partial charge in [-0.3, -0.25) is 19.3 Å². The van der Waals surface area contributed by atoms with Crippen LogP contribution in [0.2, 0.25) is 5.02 Å². The van der Waals surface area contributed by atoms with Crippen molar-refractivity contribution in [2.75, 3.05) is 31.2 Å². The van der Waals surface area contributed by atoms with E-state index in [1.165, 1.54) is 4.90 Å². The van der Waals surface area contributed by atoms with Crippen molar-refractivity contribution in [2.45, 2.75) is 32.7 Å². The lowest BCUT2D eigenvalue weighted by atomic mass is 9.98. The number of ether oxygens (including phenoxy) is 2. The number of halogens is 1. The summed E-state index contributed by atoms with van der Waals surface area (Å²) in [5, 5.41) is 0.516. The van der Waals surface area contributed by atoms with Gasteiger partial charge in [0, 0.05) is 23.7 Å². The Morgan fingerprint density at radius 1 is 1.18 bits per heavy atom. The third kappa shape index (κ3) is 5.14. The third-order valence-corrected chi connectivity index (χ3v) is 6.40. The van der Waals surface area contributed by atoms with Crippen LogP contribution in [0.1, 0.15) is 37.0 Å². The monoisotopic (exact) mass is 470 g/mol. The number of piperidine rings is 1. The Labute approximate surface area is 198 Å². The Balaban J connectivity index is 1.52. The van der Waals surface area contributed by atoms with E-state index in [0.29, 0.717) is 46.8 Å². The van der Waals surface area contributed by atoms with Crippen LogP contribution in [-0.4, -0.2) is 54.8 Å². The van der Waals surface area contributed by atoms with Gasteiger partial charge < -0.3 is 14.4 Å². The summed E-state index contributed by atoms with van der Waals surface area (Å²) in [5.41, 5.74) is 0.789. The number of ketones is 1. The number of Topliss-reactive ketones (excluding diaryl/α,β-unsaturated/α-hetero) is 1. The molecule has 0 radical (unpaired) electrons. The van der Waals surface area contributed by atoms with E-state index in [0.717, 1.165) is 12.8 Å². The zero-order valence-electron chi connectivity index (χ0n) is 18.8. The van der Waals surface area contributed by atoms with E-state index in [-0.39, 0.29) is 30.8 Å². The quantitative estimate of drug-likeness (QED) is 0.597. The fourth-order valence-electron chi connectivity index (χ4n) is 4.16. The fourth-order valence-corrected chi connectivity index (χ4v) is 4.34. The van der Waals surface area contributed by atoms with E-state index in [2.05, 4.69) is 6.92 Å². The molecular formula is C25H27ClN2O5. The Morgan fingerprint density at radius 2 is 1.94 bits per heavy atom. The molecule has 0 spiro atoms. The molecule has 174 valence electrons. The molecule has 2 amide bonds. The van der Waals surface area contributed by atoms with Crippen LogP contribution in [0, 0.1) is 5.92 Å². The zero-order valence-corrected chi connectivity index (χ0v) is 19.5. The van der Waals surface area contributed by atoms with E-state index >= 15 is 0 Å². The molecular weight excluding hydrogens is 444 g/mol. The predicted molar refractivity (Wildman–Crippen MR) is 125 cm³/mol. The van der Waals surface area contributed by atoms with E-state index in [1.807, 2.05) is 4.90 Å². The van der Waals surface area contributed by atoms with Crippen molar-refractivity contribution in [3.05, 3.63) is 53.1 Å². The number of nitrogens with zero attached hydrogens (tertiary/aromatic N) is 2. The molecule has 0 bridgehead atoms. The van der Waals surface area contributed by atoms with Crippen LogP contribution in [0.4, 0.5) is 5.69 Å². The maximum atomic E-state index is 13.2. The van der Waals surface area contributed by atoms with Crippen molar-refractivity contribution in [3.63, 3.8) is 0 Å². The van der Waals surface area contributed by atoms with Gasteiger partial charge in [0.25, 0.3) is 5.91 Å². The van der Waals surface area contributed by atoms with Crippen molar-refractivity contribution in [2.24, 2.45) is 5.92 Å². The van der Waals surface area contributed by atoms with Crippen LogP contribution in [-0.2, 0) is 9.59 Å². The van der Waals surface area contributed by atoms with Crippen LogP contribution in [0.25, 0.3) is 0 Å². The SMILES string of the molecule is CC1CCN(C(=O)C(C)N2C(=O)COc3ccc(C(=O)COc4cccc(Cl)c4)cc32)CC1. The molecule has 0 N–H and O–H groups in total. The van der Waals surface area contributed by atoms with Gasteiger partial charge in [-0.05, 0) is 62.1 Å². The molecule has 0 aliphatic carbocycles.